The second-order valence-electron chi connectivity index (χ2n) is 6.76. The van der Waals surface area contributed by atoms with Crippen LogP contribution in [0.1, 0.15) is 24.8 Å². The number of aliphatic hydroxyl groups is 1. The number of hydrogen-bond donors (Lipinski definition) is 1. The molecule has 0 bridgehead atoms. The lowest BCUT2D eigenvalue weighted by molar-refractivity contribution is -0.0285. The maximum Gasteiger partial charge on any atom is 0.123 e. The van der Waals surface area contributed by atoms with Gasteiger partial charge in [-0.25, -0.2) is 4.39 Å². The molecule has 1 aromatic carbocycles. The Kier molecular flexibility index (Phi) is 4.29. The summed E-state index contributed by atoms with van der Waals surface area (Å²) in [4.78, 5) is 4.87. The van der Waals surface area contributed by atoms with Gasteiger partial charge in [-0.3, -0.25) is 0 Å². The number of nitrogens with zero attached hydrogens (tertiary/aromatic N) is 2. The monoisotopic (exact) mass is 292 g/mol. The van der Waals surface area contributed by atoms with Gasteiger partial charge in [-0.2, -0.15) is 0 Å². The van der Waals surface area contributed by atoms with Crippen molar-refractivity contribution in [1.29, 1.82) is 0 Å². The van der Waals surface area contributed by atoms with Gasteiger partial charge < -0.3 is 14.9 Å². The molecule has 3 rings (SSSR count). The van der Waals surface area contributed by atoms with Crippen LogP contribution in [0.5, 0.6) is 0 Å². The molecule has 3 nitrogen and oxygen atoms in total. The van der Waals surface area contributed by atoms with E-state index >= 15 is 0 Å². The number of halogens is 1. The topological polar surface area (TPSA) is 26.7 Å². The van der Waals surface area contributed by atoms with Crippen LogP contribution in [-0.4, -0.2) is 54.7 Å². The first-order chi connectivity index (χ1) is 10.0. The zero-order valence-electron chi connectivity index (χ0n) is 12.8. The number of likely N-dealkylation sites (tertiary alicyclic amines) is 2. The average molecular weight is 292 g/mol. The quantitative estimate of drug-likeness (QED) is 0.924. The van der Waals surface area contributed by atoms with Gasteiger partial charge in [0.15, 0.2) is 0 Å². The highest BCUT2D eigenvalue weighted by Gasteiger charge is 2.34. The zero-order valence-corrected chi connectivity index (χ0v) is 12.8. The number of rotatable bonds is 3. The van der Waals surface area contributed by atoms with Gasteiger partial charge in [0.05, 0.1) is 5.60 Å². The van der Waals surface area contributed by atoms with E-state index in [1.807, 2.05) is 0 Å². The third-order valence-electron chi connectivity index (χ3n) is 5.07. The van der Waals surface area contributed by atoms with E-state index in [1.165, 1.54) is 31.6 Å². The molecule has 0 aliphatic carbocycles. The van der Waals surface area contributed by atoms with E-state index in [4.69, 9.17) is 0 Å². The smallest absolute Gasteiger partial charge is 0.123 e. The molecule has 0 radical (unpaired) electrons. The maximum atomic E-state index is 13.0. The van der Waals surface area contributed by atoms with Crippen LogP contribution in [0.15, 0.2) is 24.3 Å². The lowest BCUT2D eigenvalue weighted by Gasteiger charge is -2.39. The Morgan fingerprint density at radius 3 is 2.43 bits per heavy atom. The molecular weight excluding hydrogens is 267 g/mol. The Labute approximate surface area is 126 Å². The number of hydrogen-bond acceptors (Lipinski definition) is 3. The van der Waals surface area contributed by atoms with Crippen molar-refractivity contribution in [3.05, 3.63) is 35.6 Å². The van der Waals surface area contributed by atoms with E-state index < -0.39 is 5.60 Å². The molecule has 1 N–H and O–H groups in total. The summed E-state index contributed by atoms with van der Waals surface area (Å²) in [5.41, 5.74) is 0.0700. The first kappa shape index (κ1) is 14.9. The first-order valence-corrected chi connectivity index (χ1v) is 7.94. The predicted octanol–water partition coefficient (Wildman–Crippen LogP) is 2.06. The second-order valence-corrected chi connectivity index (χ2v) is 6.76. The van der Waals surface area contributed by atoms with E-state index in [0.29, 0.717) is 0 Å². The Morgan fingerprint density at radius 2 is 1.86 bits per heavy atom. The Morgan fingerprint density at radius 1 is 1.19 bits per heavy atom. The van der Waals surface area contributed by atoms with Crippen LogP contribution in [0.2, 0.25) is 0 Å². The maximum absolute atomic E-state index is 13.0. The normalized spacial score (nSPS) is 27.1. The molecular formula is C17H25FN2O. The minimum atomic E-state index is -0.781. The Hall–Kier alpha value is -0.970. The lowest BCUT2D eigenvalue weighted by atomic mass is 9.84. The lowest BCUT2D eigenvalue weighted by Crippen LogP contribution is -2.44. The molecule has 2 fully saturated rings. The molecule has 0 unspecified atom stereocenters. The van der Waals surface area contributed by atoms with Gasteiger partial charge in [0.2, 0.25) is 0 Å². The molecule has 2 heterocycles. The SMILES string of the molecule is CN1CC[C@@H](CN2CCC(O)(c3ccc(F)cc3)CC2)C1. The average Bonchev–Trinajstić information content (AvgIpc) is 2.88. The summed E-state index contributed by atoms with van der Waals surface area (Å²) in [5, 5.41) is 10.8. The van der Waals surface area contributed by atoms with Gasteiger partial charge >= 0.3 is 0 Å². The van der Waals surface area contributed by atoms with Crippen molar-refractivity contribution >= 4 is 0 Å². The summed E-state index contributed by atoms with van der Waals surface area (Å²) < 4.78 is 13.0. The number of piperidine rings is 1. The Balaban J connectivity index is 1.55. The fraction of sp³-hybridized carbons (Fsp3) is 0.647. The van der Waals surface area contributed by atoms with Gasteiger partial charge in [-0.05, 0) is 56.5 Å². The Bertz CT molecular complexity index is 468. The van der Waals surface area contributed by atoms with Gasteiger partial charge in [-0.15, -0.1) is 0 Å². The summed E-state index contributed by atoms with van der Waals surface area (Å²) in [5.74, 6) is 0.525. The highest BCUT2D eigenvalue weighted by Crippen LogP contribution is 2.33. The van der Waals surface area contributed by atoms with Crippen LogP contribution in [0.4, 0.5) is 4.39 Å². The van der Waals surface area contributed by atoms with Crippen molar-refractivity contribution in [2.75, 3.05) is 39.8 Å². The molecule has 0 aromatic heterocycles. The van der Waals surface area contributed by atoms with Gasteiger partial charge in [0, 0.05) is 26.2 Å². The third-order valence-corrected chi connectivity index (χ3v) is 5.07. The summed E-state index contributed by atoms with van der Waals surface area (Å²) in [6, 6.07) is 6.32. The summed E-state index contributed by atoms with van der Waals surface area (Å²) in [6.07, 6.45) is 2.76. The second kappa shape index (κ2) is 6.03. The van der Waals surface area contributed by atoms with Gasteiger partial charge in [0.1, 0.15) is 5.82 Å². The first-order valence-electron chi connectivity index (χ1n) is 7.94. The summed E-state index contributed by atoms with van der Waals surface area (Å²) >= 11 is 0. The van der Waals surface area contributed by atoms with Crippen LogP contribution in [0.25, 0.3) is 0 Å². The van der Waals surface area contributed by atoms with Crippen molar-refractivity contribution in [2.24, 2.45) is 5.92 Å². The number of benzene rings is 1. The molecule has 2 aliphatic rings. The molecule has 2 aliphatic heterocycles. The van der Waals surface area contributed by atoms with Crippen molar-refractivity contribution < 1.29 is 9.50 Å². The molecule has 1 atom stereocenters. The highest BCUT2D eigenvalue weighted by atomic mass is 19.1. The van der Waals surface area contributed by atoms with Crippen LogP contribution in [-0.2, 0) is 5.60 Å². The highest BCUT2D eigenvalue weighted by molar-refractivity contribution is 5.23. The van der Waals surface area contributed by atoms with E-state index in [9.17, 15) is 9.50 Å². The third kappa shape index (κ3) is 3.44. The van der Waals surface area contributed by atoms with Crippen molar-refractivity contribution in [3.8, 4) is 0 Å². The van der Waals surface area contributed by atoms with E-state index in [-0.39, 0.29) is 5.82 Å². The standard InChI is InChI=1S/C17H25FN2O/c1-19-9-6-14(12-19)13-20-10-7-17(21,8-11-20)15-2-4-16(18)5-3-15/h2-5,14,21H,6-13H2,1H3/t14-/m1/s1. The van der Waals surface area contributed by atoms with E-state index in [1.54, 1.807) is 12.1 Å². The molecule has 4 heteroatoms. The summed E-state index contributed by atoms with van der Waals surface area (Å²) in [7, 11) is 2.18. The predicted molar refractivity (Wildman–Crippen MR) is 81.6 cm³/mol. The fourth-order valence-electron chi connectivity index (χ4n) is 3.69. The molecule has 21 heavy (non-hydrogen) atoms. The molecule has 2 saturated heterocycles. The van der Waals surface area contributed by atoms with Crippen molar-refractivity contribution in [3.63, 3.8) is 0 Å². The minimum Gasteiger partial charge on any atom is -0.385 e. The fourth-order valence-corrected chi connectivity index (χ4v) is 3.69. The molecule has 0 saturated carbocycles. The zero-order chi connectivity index (χ0) is 14.9. The molecule has 1 aromatic rings. The van der Waals surface area contributed by atoms with E-state index in [0.717, 1.165) is 44.0 Å². The van der Waals surface area contributed by atoms with Crippen LogP contribution in [0.3, 0.4) is 0 Å². The van der Waals surface area contributed by atoms with Crippen molar-refractivity contribution in [2.45, 2.75) is 24.9 Å². The van der Waals surface area contributed by atoms with Crippen LogP contribution >= 0.6 is 0 Å². The molecule has 0 spiro atoms. The van der Waals surface area contributed by atoms with Crippen molar-refractivity contribution in [1.82, 2.24) is 9.80 Å². The molecule has 116 valence electrons. The van der Waals surface area contributed by atoms with Gasteiger partial charge in [0.25, 0.3) is 0 Å². The van der Waals surface area contributed by atoms with Crippen LogP contribution < -0.4 is 0 Å². The summed E-state index contributed by atoms with van der Waals surface area (Å²) in [6.45, 7) is 5.39. The van der Waals surface area contributed by atoms with Crippen LogP contribution in [0, 0.1) is 11.7 Å². The van der Waals surface area contributed by atoms with E-state index in [2.05, 4.69) is 16.8 Å². The van der Waals surface area contributed by atoms with Gasteiger partial charge in [-0.1, -0.05) is 12.1 Å². The minimum absolute atomic E-state index is 0.245. The largest absolute Gasteiger partial charge is 0.385 e. The molecule has 0 amide bonds.